The molecule has 0 radical (unpaired) electrons. The summed E-state index contributed by atoms with van der Waals surface area (Å²) in [5, 5.41) is 1.59. The van der Waals surface area contributed by atoms with Crippen LogP contribution >= 0.6 is 0 Å². The van der Waals surface area contributed by atoms with Crippen molar-refractivity contribution >= 4 is 5.91 Å². The van der Waals surface area contributed by atoms with Gasteiger partial charge in [0.05, 0.1) is 6.54 Å². The molecule has 1 heterocycles. The largest absolute Gasteiger partial charge is 0.364 e. The number of aromatic nitrogens is 1. The van der Waals surface area contributed by atoms with Crippen LogP contribution in [0.15, 0.2) is 17.1 Å². The zero-order chi connectivity index (χ0) is 13.9. The predicted octanol–water partition coefficient (Wildman–Crippen LogP) is 1.31. The van der Waals surface area contributed by atoms with Gasteiger partial charge in [-0.3, -0.25) is 9.59 Å². The number of alkyl halides is 4. The van der Waals surface area contributed by atoms with E-state index in [1.54, 1.807) is 12.2 Å². The van der Waals surface area contributed by atoms with Crippen LogP contribution < -0.4 is 10.7 Å². The summed E-state index contributed by atoms with van der Waals surface area (Å²) < 4.78 is 48.7. The fourth-order valence-corrected chi connectivity index (χ4v) is 1.12. The van der Waals surface area contributed by atoms with Crippen LogP contribution in [0.4, 0.5) is 17.6 Å². The van der Waals surface area contributed by atoms with Gasteiger partial charge in [-0.25, -0.2) is 8.78 Å². The summed E-state index contributed by atoms with van der Waals surface area (Å²) in [7, 11) is 0. The van der Waals surface area contributed by atoms with E-state index in [4.69, 9.17) is 0 Å². The number of hydrogen-bond acceptors (Lipinski definition) is 2. The Balaban J connectivity index is 2.75. The quantitative estimate of drug-likeness (QED) is 0.807. The smallest absolute Gasteiger partial charge is 0.324 e. The van der Waals surface area contributed by atoms with Crippen molar-refractivity contribution < 1.29 is 22.4 Å². The number of aryl methyl sites for hydroxylation is 1. The number of H-pyrrole nitrogens is 1. The highest BCUT2D eigenvalue weighted by Crippen LogP contribution is 2.21. The SMILES string of the molecule is Cc1cc(=O)c(C(=O)NCC(F)(F)C(F)F)c[nH]1. The number of carbonyl (C=O) groups is 1. The first kappa shape index (κ1) is 14.2. The summed E-state index contributed by atoms with van der Waals surface area (Å²) in [6, 6.07) is 1.10. The third-order valence-corrected chi connectivity index (χ3v) is 2.11. The fraction of sp³-hybridized carbons (Fsp3) is 0.400. The van der Waals surface area contributed by atoms with Gasteiger partial charge in [-0.1, -0.05) is 0 Å². The molecule has 0 aliphatic rings. The molecular formula is C10H10F4N2O2. The normalized spacial score (nSPS) is 11.7. The van der Waals surface area contributed by atoms with Crippen molar-refractivity contribution in [2.45, 2.75) is 19.3 Å². The van der Waals surface area contributed by atoms with Crippen molar-refractivity contribution in [3.05, 3.63) is 33.7 Å². The first-order valence-electron chi connectivity index (χ1n) is 4.87. The Kier molecular flexibility index (Phi) is 4.10. The lowest BCUT2D eigenvalue weighted by Gasteiger charge is -2.15. The summed E-state index contributed by atoms with van der Waals surface area (Å²) >= 11 is 0. The number of aromatic amines is 1. The highest BCUT2D eigenvalue weighted by molar-refractivity contribution is 5.93. The molecule has 4 nitrogen and oxygen atoms in total. The average Bonchev–Trinajstić information content (AvgIpc) is 2.25. The molecule has 0 fully saturated rings. The van der Waals surface area contributed by atoms with Gasteiger partial charge >= 0.3 is 12.3 Å². The molecule has 1 rings (SSSR count). The van der Waals surface area contributed by atoms with Crippen molar-refractivity contribution in [3.63, 3.8) is 0 Å². The number of nitrogens with one attached hydrogen (secondary N) is 2. The number of rotatable bonds is 4. The number of pyridine rings is 1. The highest BCUT2D eigenvalue weighted by Gasteiger charge is 2.40. The van der Waals surface area contributed by atoms with E-state index in [9.17, 15) is 27.2 Å². The standard InChI is InChI=1S/C10H10F4N2O2/c1-5-2-7(17)6(3-15-5)8(18)16-4-10(13,14)9(11)12/h2-3,9H,4H2,1H3,(H,15,17)(H,16,18). The van der Waals surface area contributed by atoms with Crippen molar-refractivity contribution in [3.8, 4) is 0 Å². The second-order valence-corrected chi connectivity index (χ2v) is 3.64. The summed E-state index contributed by atoms with van der Waals surface area (Å²) in [5.74, 6) is -5.45. The zero-order valence-electron chi connectivity index (χ0n) is 9.27. The molecule has 0 saturated carbocycles. The maximum atomic E-state index is 12.5. The highest BCUT2D eigenvalue weighted by atomic mass is 19.3. The third-order valence-electron chi connectivity index (χ3n) is 2.11. The minimum absolute atomic E-state index is 0.411. The number of carbonyl (C=O) groups excluding carboxylic acids is 1. The van der Waals surface area contributed by atoms with E-state index < -0.39 is 35.8 Å². The molecule has 0 saturated heterocycles. The average molecular weight is 266 g/mol. The van der Waals surface area contributed by atoms with Gasteiger partial charge in [-0.2, -0.15) is 8.78 Å². The number of amides is 1. The van der Waals surface area contributed by atoms with Gasteiger partial charge in [0.1, 0.15) is 5.56 Å². The molecule has 2 N–H and O–H groups in total. The molecule has 0 spiro atoms. The molecule has 1 aromatic rings. The molecule has 1 amide bonds. The lowest BCUT2D eigenvalue weighted by atomic mass is 10.2. The van der Waals surface area contributed by atoms with Crippen molar-refractivity contribution in [1.29, 1.82) is 0 Å². The van der Waals surface area contributed by atoms with E-state index in [1.165, 1.54) is 0 Å². The van der Waals surface area contributed by atoms with Gasteiger partial charge in [0.15, 0.2) is 5.43 Å². The molecule has 0 aliphatic carbocycles. The topological polar surface area (TPSA) is 62.0 Å². The van der Waals surface area contributed by atoms with Crippen LogP contribution in [0.1, 0.15) is 16.1 Å². The Labute approximate surface area is 99.0 Å². The minimum Gasteiger partial charge on any atom is -0.364 e. The first-order valence-corrected chi connectivity index (χ1v) is 4.87. The van der Waals surface area contributed by atoms with Crippen molar-refractivity contribution in [1.82, 2.24) is 10.3 Å². The van der Waals surface area contributed by atoms with Gasteiger partial charge in [0, 0.05) is 18.0 Å². The molecular weight excluding hydrogens is 256 g/mol. The first-order chi connectivity index (χ1) is 8.24. The number of hydrogen-bond donors (Lipinski definition) is 2. The predicted molar refractivity (Wildman–Crippen MR) is 55.1 cm³/mol. The Morgan fingerprint density at radius 2 is 2.11 bits per heavy atom. The molecule has 0 bridgehead atoms. The van der Waals surface area contributed by atoms with Crippen LogP contribution in [0.3, 0.4) is 0 Å². The van der Waals surface area contributed by atoms with Crippen LogP contribution in [0.2, 0.25) is 0 Å². The van der Waals surface area contributed by atoms with E-state index in [2.05, 4.69) is 4.98 Å². The summed E-state index contributed by atoms with van der Waals surface area (Å²) in [6.45, 7) is 0.0326. The molecule has 1 aromatic heterocycles. The van der Waals surface area contributed by atoms with Crippen molar-refractivity contribution in [2.24, 2.45) is 0 Å². The van der Waals surface area contributed by atoms with Gasteiger partial charge in [-0.15, -0.1) is 0 Å². The van der Waals surface area contributed by atoms with E-state index >= 15 is 0 Å². The van der Waals surface area contributed by atoms with Gasteiger partial charge in [-0.05, 0) is 6.92 Å². The second kappa shape index (κ2) is 5.19. The van der Waals surface area contributed by atoms with Crippen LogP contribution in [0.5, 0.6) is 0 Å². The molecule has 8 heteroatoms. The maximum Gasteiger partial charge on any atom is 0.324 e. The summed E-state index contributed by atoms with van der Waals surface area (Å²) in [6.07, 6.45) is -2.85. The van der Waals surface area contributed by atoms with Crippen LogP contribution in [0, 0.1) is 6.92 Å². The van der Waals surface area contributed by atoms with Crippen LogP contribution in [0.25, 0.3) is 0 Å². The van der Waals surface area contributed by atoms with E-state index in [0.29, 0.717) is 5.69 Å². The Morgan fingerprint density at radius 3 is 2.61 bits per heavy atom. The lowest BCUT2D eigenvalue weighted by molar-refractivity contribution is -0.123. The van der Waals surface area contributed by atoms with E-state index in [1.807, 2.05) is 0 Å². The van der Waals surface area contributed by atoms with Gasteiger partial charge < -0.3 is 10.3 Å². The number of halogens is 4. The Bertz CT molecular complexity index is 499. The third kappa shape index (κ3) is 3.31. The second-order valence-electron chi connectivity index (χ2n) is 3.64. The summed E-state index contributed by atoms with van der Waals surface area (Å²) in [4.78, 5) is 25.2. The fourth-order valence-electron chi connectivity index (χ4n) is 1.12. The molecule has 0 aliphatic heterocycles. The molecule has 0 aromatic carbocycles. The zero-order valence-corrected chi connectivity index (χ0v) is 9.27. The molecule has 0 atom stereocenters. The molecule has 18 heavy (non-hydrogen) atoms. The van der Waals surface area contributed by atoms with E-state index in [-0.39, 0.29) is 0 Å². The van der Waals surface area contributed by atoms with Crippen molar-refractivity contribution in [2.75, 3.05) is 6.54 Å². The lowest BCUT2D eigenvalue weighted by Crippen LogP contribution is -2.42. The minimum atomic E-state index is -4.33. The van der Waals surface area contributed by atoms with Crippen LogP contribution in [-0.2, 0) is 0 Å². The monoisotopic (exact) mass is 266 g/mol. The maximum absolute atomic E-state index is 12.5. The van der Waals surface area contributed by atoms with Gasteiger partial charge in [0.2, 0.25) is 0 Å². The molecule has 100 valence electrons. The summed E-state index contributed by atoms with van der Waals surface area (Å²) in [5.41, 5.74) is -0.607. The van der Waals surface area contributed by atoms with E-state index in [0.717, 1.165) is 12.3 Å². The molecule has 0 unspecified atom stereocenters. The Morgan fingerprint density at radius 1 is 1.50 bits per heavy atom. The van der Waals surface area contributed by atoms with Crippen LogP contribution in [-0.4, -0.2) is 29.8 Å². The Hall–Kier alpha value is -1.86. The van der Waals surface area contributed by atoms with Gasteiger partial charge in [0.25, 0.3) is 5.91 Å².